The van der Waals surface area contributed by atoms with E-state index < -0.39 is 0 Å². The summed E-state index contributed by atoms with van der Waals surface area (Å²) in [4.78, 5) is 25.0. The zero-order valence-corrected chi connectivity index (χ0v) is 8.14. The Morgan fingerprint density at radius 2 is 1.60 bits per heavy atom. The third kappa shape index (κ3) is 1.27. The number of benzene rings is 1. The highest BCUT2D eigenvalue weighted by molar-refractivity contribution is 6.21. The van der Waals surface area contributed by atoms with Crippen molar-refractivity contribution in [3.63, 3.8) is 0 Å². The first-order valence-electron chi connectivity index (χ1n) is 5.09. The fourth-order valence-corrected chi connectivity index (χ4v) is 1.80. The molecule has 3 heteroatoms. The molecule has 0 saturated heterocycles. The molecular weight excluding hydrogens is 190 g/mol. The molecule has 0 spiro atoms. The summed E-state index contributed by atoms with van der Waals surface area (Å²) in [5.74, 6) is 0.0669. The summed E-state index contributed by atoms with van der Waals surface area (Å²) in [7, 11) is 0. The number of imide groups is 1. The number of rotatable bonds is 2. The number of carbonyl (C=O) groups is 2. The Labute approximate surface area is 87.7 Å². The average Bonchev–Trinajstić information content (AvgIpc) is 3.04. The lowest BCUT2D eigenvalue weighted by atomic mass is 10.1. The van der Waals surface area contributed by atoms with Crippen LogP contribution in [0.3, 0.4) is 0 Å². The van der Waals surface area contributed by atoms with Gasteiger partial charge in [-0.15, -0.1) is 0 Å². The van der Waals surface area contributed by atoms with Gasteiger partial charge in [-0.2, -0.15) is 0 Å². The van der Waals surface area contributed by atoms with E-state index in [4.69, 9.17) is 0 Å². The maximum atomic E-state index is 11.8. The molecule has 1 aromatic carbocycles. The van der Waals surface area contributed by atoms with Crippen LogP contribution in [0.15, 0.2) is 24.3 Å². The van der Waals surface area contributed by atoms with Gasteiger partial charge in [0.25, 0.3) is 11.8 Å². The van der Waals surface area contributed by atoms with Gasteiger partial charge in [-0.25, -0.2) is 0 Å². The molecule has 2 amide bonds. The minimum atomic E-state index is -0.178. The largest absolute Gasteiger partial charge is 0.269 e. The lowest BCUT2D eigenvalue weighted by molar-refractivity contribution is 0.0689. The van der Waals surface area contributed by atoms with E-state index in [1.807, 2.05) is 0 Å². The first-order chi connectivity index (χ1) is 7.27. The highest BCUT2D eigenvalue weighted by Crippen LogP contribution is 2.35. The Kier molecular flexibility index (Phi) is 1.69. The van der Waals surface area contributed by atoms with E-state index in [1.54, 1.807) is 30.8 Å². The van der Waals surface area contributed by atoms with E-state index in [-0.39, 0.29) is 11.8 Å². The molecule has 1 aliphatic heterocycles. The van der Waals surface area contributed by atoms with E-state index in [0.717, 1.165) is 12.8 Å². The van der Waals surface area contributed by atoms with E-state index in [2.05, 4.69) is 0 Å². The highest BCUT2D eigenvalue weighted by Gasteiger charge is 2.38. The molecule has 15 heavy (non-hydrogen) atoms. The Balaban J connectivity index is 1.96. The van der Waals surface area contributed by atoms with E-state index in [1.165, 1.54) is 4.90 Å². The Hall–Kier alpha value is -1.64. The SMILES string of the molecule is O=C1c2ccccc2C(=O)N1[CH]C1CC1. The zero-order chi connectivity index (χ0) is 10.4. The third-order valence-electron chi connectivity index (χ3n) is 2.81. The minimum Gasteiger partial charge on any atom is -0.269 e. The monoisotopic (exact) mass is 200 g/mol. The molecule has 75 valence electrons. The molecule has 1 heterocycles. The maximum absolute atomic E-state index is 11.8. The van der Waals surface area contributed by atoms with Crippen molar-refractivity contribution in [3.05, 3.63) is 41.9 Å². The fraction of sp³-hybridized carbons (Fsp3) is 0.250. The topological polar surface area (TPSA) is 37.4 Å². The lowest BCUT2D eigenvalue weighted by Crippen LogP contribution is -2.27. The van der Waals surface area contributed by atoms with Gasteiger partial charge in [0.2, 0.25) is 0 Å². The second kappa shape index (κ2) is 2.92. The first kappa shape index (κ1) is 8.65. The molecule has 1 aromatic rings. The molecule has 0 atom stereocenters. The number of fused-ring (bicyclic) bond motifs is 1. The predicted octanol–water partition coefficient (Wildman–Crippen LogP) is 1.85. The smallest absolute Gasteiger partial charge is 0.261 e. The molecular formula is C12H10NO2. The summed E-state index contributed by atoms with van der Waals surface area (Å²) in [6.07, 6.45) is 2.18. The normalized spacial score (nSPS) is 19.6. The van der Waals surface area contributed by atoms with Crippen molar-refractivity contribution in [1.29, 1.82) is 0 Å². The zero-order valence-electron chi connectivity index (χ0n) is 8.14. The molecule has 1 aliphatic carbocycles. The summed E-state index contributed by atoms with van der Waals surface area (Å²) >= 11 is 0. The summed E-state index contributed by atoms with van der Waals surface area (Å²) in [6, 6.07) is 6.97. The van der Waals surface area contributed by atoms with Gasteiger partial charge in [0, 0.05) is 0 Å². The Morgan fingerprint density at radius 3 is 2.07 bits per heavy atom. The quantitative estimate of drug-likeness (QED) is 0.683. The van der Waals surface area contributed by atoms with Crippen molar-refractivity contribution in [2.75, 3.05) is 0 Å². The van der Waals surface area contributed by atoms with Crippen molar-refractivity contribution in [2.24, 2.45) is 5.92 Å². The van der Waals surface area contributed by atoms with Crippen LogP contribution in [0.1, 0.15) is 33.6 Å². The van der Waals surface area contributed by atoms with Crippen molar-refractivity contribution in [3.8, 4) is 0 Å². The van der Waals surface area contributed by atoms with Crippen LogP contribution >= 0.6 is 0 Å². The van der Waals surface area contributed by atoms with Gasteiger partial charge in [-0.1, -0.05) is 12.1 Å². The van der Waals surface area contributed by atoms with Crippen molar-refractivity contribution < 1.29 is 9.59 Å². The first-order valence-corrected chi connectivity index (χ1v) is 5.09. The lowest BCUT2D eigenvalue weighted by Gasteiger charge is -2.11. The second-order valence-corrected chi connectivity index (χ2v) is 4.01. The summed E-state index contributed by atoms with van der Waals surface area (Å²) in [6.45, 7) is 1.77. The fourth-order valence-electron chi connectivity index (χ4n) is 1.80. The van der Waals surface area contributed by atoms with Crippen molar-refractivity contribution in [1.82, 2.24) is 4.90 Å². The van der Waals surface area contributed by atoms with Gasteiger partial charge in [0.1, 0.15) is 0 Å². The van der Waals surface area contributed by atoms with Gasteiger partial charge < -0.3 is 0 Å². The third-order valence-corrected chi connectivity index (χ3v) is 2.81. The van der Waals surface area contributed by atoms with Crippen LogP contribution in [0.4, 0.5) is 0 Å². The second-order valence-electron chi connectivity index (χ2n) is 4.01. The van der Waals surface area contributed by atoms with Crippen molar-refractivity contribution >= 4 is 11.8 Å². The predicted molar refractivity (Wildman–Crippen MR) is 54.0 cm³/mol. The molecule has 2 aliphatic rings. The van der Waals surface area contributed by atoms with E-state index >= 15 is 0 Å². The van der Waals surface area contributed by atoms with Gasteiger partial charge in [-0.3, -0.25) is 14.5 Å². The van der Waals surface area contributed by atoms with E-state index in [9.17, 15) is 9.59 Å². The van der Waals surface area contributed by atoms with Gasteiger partial charge in [-0.05, 0) is 30.9 Å². The summed E-state index contributed by atoms with van der Waals surface area (Å²) < 4.78 is 0. The summed E-state index contributed by atoms with van der Waals surface area (Å²) in [5.41, 5.74) is 1.05. The van der Waals surface area contributed by atoms with Crippen LogP contribution in [0, 0.1) is 12.5 Å². The van der Waals surface area contributed by atoms with Crippen LogP contribution in [0.2, 0.25) is 0 Å². The summed E-state index contributed by atoms with van der Waals surface area (Å²) in [5, 5.41) is 0. The number of hydrogen-bond acceptors (Lipinski definition) is 2. The molecule has 0 unspecified atom stereocenters. The molecule has 3 rings (SSSR count). The van der Waals surface area contributed by atoms with Crippen LogP contribution in [-0.2, 0) is 0 Å². The standard InChI is InChI=1S/C12H10NO2/c14-11-9-3-1-2-4-10(9)12(15)13(11)7-8-5-6-8/h1-4,7-8H,5-6H2. The Morgan fingerprint density at radius 1 is 1.07 bits per heavy atom. The molecule has 0 N–H and O–H groups in total. The molecule has 1 fully saturated rings. The van der Waals surface area contributed by atoms with Crippen LogP contribution < -0.4 is 0 Å². The van der Waals surface area contributed by atoms with Gasteiger partial charge in [0.15, 0.2) is 0 Å². The number of nitrogens with zero attached hydrogens (tertiary/aromatic N) is 1. The molecule has 0 aromatic heterocycles. The average molecular weight is 200 g/mol. The molecule has 0 bridgehead atoms. The van der Waals surface area contributed by atoms with Crippen LogP contribution in [0.25, 0.3) is 0 Å². The number of hydrogen-bond donors (Lipinski definition) is 0. The maximum Gasteiger partial charge on any atom is 0.261 e. The molecule has 3 nitrogen and oxygen atoms in total. The number of amides is 2. The van der Waals surface area contributed by atoms with Crippen LogP contribution in [0.5, 0.6) is 0 Å². The van der Waals surface area contributed by atoms with E-state index in [0.29, 0.717) is 17.0 Å². The van der Waals surface area contributed by atoms with Crippen LogP contribution in [-0.4, -0.2) is 16.7 Å². The number of carbonyl (C=O) groups excluding carboxylic acids is 2. The molecule has 1 radical (unpaired) electrons. The van der Waals surface area contributed by atoms with Crippen molar-refractivity contribution in [2.45, 2.75) is 12.8 Å². The van der Waals surface area contributed by atoms with Gasteiger partial charge >= 0.3 is 0 Å². The Bertz CT molecular complexity index is 414. The van der Waals surface area contributed by atoms with Gasteiger partial charge in [0.05, 0.1) is 17.7 Å². The highest BCUT2D eigenvalue weighted by atomic mass is 16.2. The molecule has 1 saturated carbocycles. The minimum absolute atomic E-state index is 0.178.